The molecule has 1 N–H and O–H groups in total. The number of aryl methyl sites for hydroxylation is 1. The molecule has 5 nitrogen and oxygen atoms in total. The Balaban J connectivity index is 1.84. The quantitative estimate of drug-likeness (QED) is 0.919. The van der Waals surface area contributed by atoms with Gasteiger partial charge in [0.2, 0.25) is 0 Å². The highest BCUT2D eigenvalue weighted by Crippen LogP contribution is 2.49. The predicted molar refractivity (Wildman–Crippen MR) is 96.2 cm³/mol. The van der Waals surface area contributed by atoms with Crippen molar-refractivity contribution in [1.29, 1.82) is 0 Å². The number of hydrogen-bond donors (Lipinski definition) is 1. The van der Waals surface area contributed by atoms with Crippen LogP contribution in [0.5, 0.6) is 11.5 Å². The van der Waals surface area contributed by atoms with E-state index in [2.05, 4.69) is 18.3 Å². The number of hydrogen-bond acceptors (Lipinski definition) is 3. The molecule has 2 heterocycles. The van der Waals surface area contributed by atoms with E-state index in [1.165, 1.54) is 0 Å². The maximum absolute atomic E-state index is 12.9. The van der Waals surface area contributed by atoms with Crippen molar-refractivity contribution in [1.82, 2.24) is 5.32 Å². The maximum Gasteiger partial charge on any atom is 0.325 e. The second-order valence-electron chi connectivity index (χ2n) is 6.68. The van der Waals surface area contributed by atoms with E-state index in [0.717, 1.165) is 23.2 Å². The van der Waals surface area contributed by atoms with Crippen molar-refractivity contribution in [3.05, 3.63) is 53.6 Å². The predicted octanol–water partition coefficient (Wildman–Crippen LogP) is 4.03. The number of urea groups is 1. The molecular formula is C20H22N2O3. The van der Waals surface area contributed by atoms with E-state index in [-0.39, 0.29) is 12.1 Å². The second-order valence-corrected chi connectivity index (χ2v) is 6.68. The summed E-state index contributed by atoms with van der Waals surface area (Å²) < 4.78 is 11.9. The first-order chi connectivity index (χ1) is 12.1. The van der Waals surface area contributed by atoms with Crippen LogP contribution in [0.4, 0.5) is 10.5 Å². The fourth-order valence-corrected chi connectivity index (χ4v) is 3.91. The van der Waals surface area contributed by atoms with Gasteiger partial charge in [-0.05, 0) is 31.0 Å². The molecule has 0 saturated carbocycles. The van der Waals surface area contributed by atoms with Crippen LogP contribution in [0.15, 0.2) is 42.5 Å². The smallest absolute Gasteiger partial charge is 0.325 e. The van der Waals surface area contributed by atoms with Gasteiger partial charge in [0.1, 0.15) is 0 Å². The zero-order valence-electron chi connectivity index (χ0n) is 14.7. The zero-order chi connectivity index (χ0) is 17.6. The number of ether oxygens (including phenoxy) is 2. The molecule has 2 atom stereocenters. The largest absolute Gasteiger partial charge is 0.493 e. The zero-order valence-corrected chi connectivity index (χ0v) is 14.7. The number of fused-ring (bicyclic) bond motifs is 4. The lowest BCUT2D eigenvalue weighted by molar-refractivity contribution is 0.0348. The van der Waals surface area contributed by atoms with Gasteiger partial charge < -0.3 is 14.8 Å². The number of nitrogens with zero attached hydrogens (tertiary/aromatic N) is 1. The molecule has 0 radical (unpaired) electrons. The van der Waals surface area contributed by atoms with E-state index in [9.17, 15) is 4.79 Å². The lowest BCUT2D eigenvalue weighted by atomic mass is 9.89. The fourth-order valence-electron chi connectivity index (χ4n) is 3.91. The number of carbonyl (C=O) groups is 1. The molecule has 5 heteroatoms. The highest BCUT2D eigenvalue weighted by molar-refractivity contribution is 5.95. The molecule has 2 bridgehead atoms. The number of para-hydroxylation sites is 2. The van der Waals surface area contributed by atoms with Gasteiger partial charge in [0.15, 0.2) is 17.2 Å². The first-order valence-electron chi connectivity index (χ1n) is 8.62. The average Bonchev–Trinajstić information content (AvgIpc) is 2.61. The van der Waals surface area contributed by atoms with Crippen molar-refractivity contribution in [2.75, 3.05) is 12.0 Å². The first kappa shape index (κ1) is 15.8. The Morgan fingerprint density at radius 1 is 1.28 bits per heavy atom. The molecule has 25 heavy (non-hydrogen) atoms. The standard InChI is InChI=1S/C20H22N2O3/c1-4-13-8-5-6-10-16(13)22-19(23)21-15-12-20(22,2)25-18-14(15)9-7-11-17(18)24-3/h5-11,15H,4,12H2,1-3H3,(H,21,23)/t15-,20+/m0/s1. The van der Waals surface area contributed by atoms with Crippen molar-refractivity contribution in [2.24, 2.45) is 0 Å². The van der Waals surface area contributed by atoms with Crippen LogP contribution in [0.3, 0.4) is 0 Å². The maximum atomic E-state index is 12.9. The lowest BCUT2D eigenvalue weighted by Gasteiger charge is -2.51. The minimum absolute atomic E-state index is 0.0820. The Labute approximate surface area is 147 Å². The van der Waals surface area contributed by atoms with Crippen LogP contribution in [0.2, 0.25) is 0 Å². The van der Waals surface area contributed by atoms with E-state index in [1.54, 1.807) is 12.0 Å². The van der Waals surface area contributed by atoms with Crippen molar-refractivity contribution in [3.63, 3.8) is 0 Å². The SMILES string of the molecule is CCc1ccccc1N1C(=O)N[C@H]2C[C@@]1(C)Oc1c(OC)cccc12. The van der Waals surface area contributed by atoms with Gasteiger partial charge in [-0.3, -0.25) is 4.90 Å². The van der Waals surface area contributed by atoms with Gasteiger partial charge in [0.25, 0.3) is 0 Å². The summed E-state index contributed by atoms with van der Waals surface area (Å²) >= 11 is 0. The average molecular weight is 338 g/mol. The second kappa shape index (κ2) is 5.69. The minimum Gasteiger partial charge on any atom is -0.493 e. The number of anilines is 1. The molecule has 2 aromatic carbocycles. The minimum atomic E-state index is -0.764. The summed E-state index contributed by atoms with van der Waals surface area (Å²) in [5.74, 6) is 1.40. The molecule has 1 fully saturated rings. The summed E-state index contributed by atoms with van der Waals surface area (Å²) in [6, 6.07) is 13.6. The van der Waals surface area contributed by atoms with Crippen LogP contribution in [0, 0.1) is 0 Å². The number of carbonyl (C=O) groups excluding carboxylic acids is 1. The van der Waals surface area contributed by atoms with Gasteiger partial charge in [-0.1, -0.05) is 37.3 Å². The van der Waals surface area contributed by atoms with Crippen molar-refractivity contribution < 1.29 is 14.3 Å². The third-order valence-electron chi connectivity index (χ3n) is 5.10. The van der Waals surface area contributed by atoms with E-state index in [0.29, 0.717) is 17.9 Å². The van der Waals surface area contributed by atoms with E-state index in [4.69, 9.17) is 9.47 Å². The number of methoxy groups -OCH3 is 1. The van der Waals surface area contributed by atoms with Crippen LogP contribution in [0.25, 0.3) is 0 Å². The fraction of sp³-hybridized carbons (Fsp3) is 0.350. The van der Waals surface area contributed by atoms with E-state index >= 15 is 0 Å². The molecule has 2 aliphatic heterocycles. The summed E-state index contributed by atoms with van der Waals surface area (Å²) in [6.07, 6.45) is 1.52. The van der Waals surface area contributed by atoms with Gasteiger partial charge in [-0.15, -0.1) is 0 Å². The lowest BCUT2D eigenvalue weighted by Crippen LogP contribution is -2.65. The normalized spacial score (nSPS) is 24.2. The van der Waals surface area contributed by atoms with Crippen LogP contribution < -0.4 is 19.7 Å². The van der Waals surface area contributed by atoms with Gasteiger partial charge >= 0.3 is 6.03 Å². The summed E-state index contributed by atoms with van der Waals surface area (Å²) in [5.41, 5.74) is 2.21. The van der Waals surface area contributed by atoms with Crippen LogP contribution >= 0.6 is 0 Å². The van der Waals surface area contributed by atoms with Crippen LogP contribution in [-0.4, -0.2) is 18.9 Å². The highest BCUT2D eigenvalue weighted by atomic mass is 16.5. The Hall–Kier alpha value is -2.69. The molecule has 0 aromatic heterocycles. The molecule has 0 spiro atoms. The van der Waals surface area contributed by atoms with Gasteiger partial charge in [-0.2, -0.15) is 0 Å². The summed E-state index contributed by atoms with van der Waals surface area (Å²) in [6.45, 7) is 4.06. The Morgan fingerprint density at radius 3 is 2.84 bits per heavy atom. The third kappa shape index (κ3) is 2.34. The van der Waals surface area contributed by atoms with Crippen LogP contribution in [-0.2, 0) is 6.42 Å². The highest BCUT2D eigenvalue weighted by Gasteiger charge is 2.50. The molecule has 2 amide bonds. The molecule has 130 valence electrons. The molecular weight excluding hydrogens is 316 g/mol. The van der Waals surface area contributed by atoms with Gasteiger partial charge in [0.05, 0.1) is 18.8 Å². The molecule has 2 aliphatic rings. The van der Waals surface area contributed by atoms with Crippen LogP contribution in [0.1, 0.15) is 37.4 Å². The monoisotopic (exact) mass is 338 g/mol. The van der Waals surface area contributed by atoms with Gasteiger partial charge in [0, 0.05) is 12.0 Å². The Morgan fingerprint density at radius 2 is 2.08 bits per heavy atom. The van der Waals surface area contributed by atoms with E-state index in [1.807, 2.05) is 43.3 Å². The number of rotatable bonds is 3. The van der Waals surface area contributed by atoms with E-state index < -0.39 is 5.72 Å². The topological polar surface area (TPSA) is 50.8 Å². The van der Waals surface area contributed by atoms with Gasteiger partial charge in [-0.25, -0.2) is 4.79 Å². The number of nitrogens with one attached hydrogen (secondary N) is 1. The number of benzene rings is 2. The summed E-state index contributed by atoms with van der Waals surface area (Å²) in [5, 5.41) is 3.13. The van der Waals surface area contributed by atoms with Crippen molar-refractivity contribution in [3.8, 4) is 11.5 Å². The van der Waals surface area contributed by atoms with Crippen molar-refractivity contribution in [2.45, 2.75) is 38.5 Å². The molecule has 0 aliphatic carbocycles. The number of amides is 2. The van der Waals surface area contributed by atoms with Crippen molar-refractivity contribution >= 4 is 11.7 Å². The molecule has 1 saturated heterocycles. The Bertz CT molecular complexity index is 835. The molecule has 2 aromatic rings. The Kier molecular flexibility index (Phi) is 3.60. The first-order valence-corrected chi connectivity index (χ1v) is 8.62. The summed E-state index contributed by atoms with van der Waals surface area (Å²) in [7, 11) is 1.63. The molecule has 4 rings (SSSR count). The summed E-state index contributed by atoms with van der Waals surface area (Å²) in [4.78, 5) is 14.7. The molecule has 0 unspecified atom stereocenters. The third-order valence-corrected chi connectivity index (χ3v) is 5.10.